The molecule has 1 atom stereocenters. The molecule has 29 heavy (non-hydrogen) atoms. The Balaban J connectivity index is 2.07. The quantitative estimate of drug-likeness (QED) is 0.303. The van der Waals surface area contributed by atoms with E-state index in [4.69, 9.17) is 15.2 Å². The highest BCUT2D eigenvalue weighted by molar-refractivity contribution is 14.1. The van der Waals surface area contributed by atoms with Gasteiger partial charge in [0.25, 0.3) is 0 Å². The van der Waals surface area contributed by atoms with Gasteiger partial charge in [0, 0.05) is 5.92 Å². The standard InChI is InChI=1S/C20H20I3NO5/c1-10(2)18(26)9-28-20(27)16(24)7-11-5-14(22)19(15(23)6-11)29-12-3-4-17(25)13(21)8-12/h3-6,8,10,16,25H,7,9,24H2,1-2H3/t16-/m0/s1. The second-order valence-corrected chi connectivity index (χ2v) is 10.1. The van der Waals surface area contributed by atoms with E-state index in [9.17, 15) is 14.7 Å². The number of hydrogen-bond acceptors (Lipinski definition) is 6. The summed E-state index contributed by atoms with van der Waals surface area (Å²) in [5.74, 6) is 0.587. The van der Waals surface area contributed by atoms with Gasteiger partial charge in [0.1, 0.15) is 24.1 Å². The molecule has 0 saturated heterocycles. The van der Waals surface area contributed by atoms with Crippen molar-refractivity contribution < 1.29 is 24.2 Å². The summed E-state index contributed by atoms with van der Waals surface area (Å²) in [4.78, 5) is 23.7. The zero-order chi connectivity index (χ0) is 21.7. The lowest BCUT2D eigenvalue weighted by molar-refractivity contribution is -0.149. The average molecular weight is 735 g/mol. The van der Waals surface area contributed by atoms with Gasteiger partial charge in [-0.1, -0.05) is 13.8 Å². The minimum absolute atomic E-state index is 0.139. The Hall–Kier alpha value is -0.670. The number of rotatable bonds is 8. The van der Waals surface area contributed by atoms with Crippen LogP contribution in [0.2, 0.25) is 0 Å². The first-order valence-corrected chi connectivity index (χ1v) is 11.9. The van der Waals surface area contributed by atoms with Gasteiger partial charge in [-0.05, 0) is 110 Å². The molecule has 2 aromatic carbocycles. The van der Waals surface area contributed by atoms with Crippen molar-refractivity contribution >= 4 is 79.5 Å². The lowest BCUT2D eigenvalue weighted by atomic mass is 10.1. The molecule has 6 nitrogen and oxygen atoms in total. The topological polar surface area (TPSA) is 98.9 Å². The van der Waals surface area contributed by atoms with Gasteiger partial charge in [0.15, 0.2) is 11.5 Å². The van der Waals surface area contributed by atoms with E-state index in [0.717, 1.165) is 12.7 Å². The summed E-state index contributed by atoms with van der Waals surface area (Å²) in [6, 6.07) is 7.97. The summed E-state index contributed by atoms with van der Waals surface area (Å²) in [5.41, 5.74) is 6.82. The van der Waals surface area contributed by atoms with E-state index in [1.165, 1.54) is 0 Å². The van der Waals surface area contributed by atoms with Gasteiger partial charge in [0.2, 0.25) is 0 Å². The maximum atomic E-state index is 12.1. The lowest BCUT2D eigenvalue weighted by Crippen LogP contribution is -2.35. The van der Waals surface area contributed by atoms with Crippen LogP contribution < -0.4 is 10.5 Å². The smallest absolute Gasteiger partial charge is 0.323 e. The van der Waals surface area contributed by atoms with E-state index in [0.29, 0.717) is 15.1 Å². The summed E-state index contributed by atoms with van der Waals surface area (Å²) >= 11 is 6.37. The summed E-state index contributed by atoms with van der Waals surface area (Å²) in [5, 5.41) is 9.65. The number of hydrogen-bond donors (Lipinski definition) is 2. The Morgan fingerprint density at radius 2 is 1.69 bits per heavy atom. The SMILES string of the molecule is CC(C)C(=O)COC(=O)[C@@H](N)Cc1cc(I)c(Oc2ccc(O)c(I)c2)c(I)c1. The van der Waals surface area contributed by atoms with E-state index < -0.39 is 12.0 Å². The molecule has 156 valence electrons. The molecular formula is C20H20I3NO5. The van der Waals surface area contributed by atoms with Gasteiger partial charge in [-0.3, -0.25) is 9.59 Å². The maximum Gasteiger partial charge on any atom is 0.323 e. The predicted octanol–water partition coefficient (Wildman–Crippen LogP) is 4.64. The summed E-state index contributed by atoms with van der Waals surface area (Å²) in [6.45, 7) is 3.25. The third kappa shape index (κ3) is 7.21. The van der Waals surface area contributed by atoms with Crippen molar-refractivity contribution in [3.63, 3.8) is 0 Å². The third-order valence-corrected chi connectivity index (χ3v) is 6.42. The highest BCUT2D eigenvalue weighted by atomic mass is 127. The van der Waals surface area contributed by atoms with Crippen molar-refractivity contribution in [3.8, 4) is 17.2 Å². The van der Waals surface area contributed by atoms with Crippen molar-refractivity contribution in [2.24, 2.45) is 11.7 Å². The molecule has 2 rings (SSSR count). The van der Waals surface area contributed by atoms with Crippen LogP contribution in [0.15, 0.2) is 30.3 Å². The Labute approximate surface area is 210 Å². The number of phenols is 1. The molecule has 0 aliphatic rings. The molecule has 0 aliphatic carbocycles. The Morgan fingerprint density at radius 3 is 2.24 bits per heavy atom. The highest BCUT2D eigenvalue weighted by Crippen LogP contribution is 2.35. The van der Waals surface area contributed by atoms with Gasteiger partial charge in [-0.15, -0.1) is 0 Å². The third-order valence-electron chi connectivity index (χ3n) is 3.96. The van der Waals surface area contributed by atoms with Gasteiger partial charge in [0.05, 0.1) is 10.7 Å². The van der Waals surface area contributed by atoms with E-state index in [1.807, 2.05) is 34.7 Å². The Bertz CT molecular complexity index is 894. The second-order valence-electron chi connectivity index (χ2n) is 6.64. The Kier molecular flexibility index (Phi) is 9.41. The summed E-state index contributed by atoms with van der Waals surface area (Å²) in [7, 11) is 0. The molecule has 0 saturated carbocycles. The van der Waals surface area contributed by atoms with Crippen LogP contribution in [-0.4, -0.2) is 29.5 Å². The number of nitrogens with two attached hydrogens (primary N) is 1. The monoisotopic (exact) mass is 735 g/mol. The molecule has 0 aromatic heterocycles. The van der Waals surface area contributed by atoms with Crippen LogP contribution in [0, 0.1) is 16.6 Å². The van der Waals surface area contributed by atoms with Gasteiger partial charge < -0.3 is 20.3 Å². The number of ether oxygens (including phenoxy) is 2. The zero-order valence-corrected chi connectivity index (χ0v) is 22.2. The molecule has 2 aromatic rings. The number of carbonyl (C=O) groups excluding carboxylic acids is 2. The van der Waals surface area contributed by atoms with E-state index >= 15 is 0 Å². The number of ketones is 1. The van der Waals surface area contributed by atoms with E-state index in [1.54, 1.807) is 32.0 Å². The fourth-order valence-electron chi connectivity index (χ4n) is 2.25. The fourth-order valence-corrected chi connectivity index (χ4v) is 4.85. The molecule has 9 heteroatoms. The summed E-state index contributed by atoms with van der Waals surface area (Å²) < 4.78 is 13.4. The fraction of sp³-hybridized carbons (Fsp3) is 0.300. The molecule has 0 amide bonds. The molecule has 3 N–H and O–H groups in total. The van der Waals surface area contributed by atoms with Crippen LogP contribution in [-0.2, 0) is 20.7 Å². The van der Waals surface area contributed by atoms with Crippen molar-refractivity contribution in [2.75, 3.05) is 6.61 Å². The number of carbonyl (C=O) groups is 2. The van der Waals surface area contributed by atoms with Crippen LogP contribution in [0.1, 0.15) is 19.4 Å². The van der Waals surface area contributed by atoms with Crippen LogP contribution in [0.5, 0.6) is 17.2 Å². The molecule has 0 radical (unpaired) electrons. The molecule has 0 aliphatic heterocycles. The number of benzene rings is 2. The first-order valence-electron chi connectivity index (χ1n) is 8.67. The number of halogens is 3. The minimum Gasteiger partial charge on any atom is -0.507 e. The highest BCUT2D eigenvalue weighted by Gasteiger charge is 2.20. The van der Waals surface area contributed by atoms with Crippen LogP contribution in [0.25, 0.3) is 0 Å². The number of Topliss-reactive ketones (excluding diaryl/α,β-unsaturated/α-hetero) is 1. The van der Waals surface area contributed by atoms with Gasteiger partial charge in [-0.2, -0.15) is 0 Å². The van der Waals surface area contributed by atoms with Crippen LogP contribution >= 0.6 is 67.8 Å². The minimum atomic E-state index is -0.855. The van der Waals surface area contributed by atoms with E-state index in [2.05, 4.69) is 45.2 Å². The first-order chi connectivity index (χ1) is 13.6. The molecule has 0 bridgehead atoms. The zero-order valence-electron chi connectivity index (χ0n) is 15.7. The first kappa shape index (κ1) is 24.6. The maximum absolute atomic E-state index is 12.1. The van der Waals surface area contributed by atoms with Gasteiger partial charge in [-0.25, -0.2) is 0 Å². The molecule has 0 heterocycles. The molecule has 0 unspecified atom stereocenters. The predicted molar refractivity (Wildman–Crippen MR) is 135 cm³/mol. The molecule has 0 spiro atoms. The van der Waals surface area contributed by atoms with Gasteiger partial charge >= 0.3 is 5.97 Å². The van der Waals surface area contributed by atoms with Crippen LogP contribution in [0.4, 0.5) is 0 Å². The normalized spacial score (nSPS) is 12.0. The van der Waals surface area contributed by atoms with Crippen molar-refractivity contribution in [1.29, 1.82) is 0 Å². The summed E-state index contributed by atoms with van der Waals surface area (Å²) in [6.07, 6.45) is 0.290. The largest absolute Gasteiger partial charge is 0.507 e. The van der Waals surface area contributed by atoms with Crippen molar-refractivity contribution in [2.45, 2.75) is 26.3 Å². The van der Waals surface area contributed by atoms with Crippen molar-refractivity contribution in [3.05, 3.63) is 46.6 Å². The van der Waals surface area contributed by atoms with E-state index in [-0.39, 0.29) is 30.5 Å². The lowest BCUT2D eigenvalue weighted by Gasteiger charge is -2.15. The molecular weight excluding hydrogens is 715 g/mol. The second kappa shape index (κ2) is 11.1. The molecule has 0 fully saturated rings. The Morgan fingerprint density at radius 1 is 1.07 bits per heavy atom. The number of phenolic OH excluding ortho intramolecular Hbond substituents is 1. The average Bonchev–Trinajstić information content (AvgIpc) is 2.65. The number of aromatic hydroxyl groups is 1. The van der Waals surface area contributed by atoms with Crippen molar-refractivity contribution in [1.82, 2.24) is 0 Å². The number of esters is 1. The van der Waals surface area contributed by atoms with Crippen LogP contribution in [0.3, 0.4) is 0 Å².